The van der Waals surface area contributed by atoms with E-state index in [9.17, 15) is 9.59 Å². The number of allylic oxidation sites excluding steroid dienone is 1. The second kappa shape index (κ2) is 4.59. The first-order valence-corrected chi connectivity index (χ1v) is 7.81. The van der Waals surface area contributed by atoms with E-state index in [-0.39, 0.29) is 5.41 Å². The minimum Gasteiger partial charge on any atom is -0.468 e. The summed E-state index contributed by atoms with van der Waals surface area (Å²) in [6, 6.07) is 0. The van der Waals surface area contributed by atoms with Gasteiger partial charge in [0.1, 0.15) is 0 Å². The molecule has 0 aromatic heterocycles. The van der Waals surface area contributed by atoms with Crippen LogP contribution in [0.3, 0.4) is 0 Å². The van der Waals surface area contributed by atoms with Crippen LogP contribution in [0.15, 0.2) is 12.7 Å². The summed E-state index contributed by atoms with van der Waals surface area (Å²) in [6.07, 6.45) is 8.68. The molecule has 0 radical (unpaired) electrons. The largest absolute Gasteiger partial charge is 0.468 e. The quantitative estimate of drug-likeness (QED) is 0.456. The highest BCUT2D eigenvalue weighted by molar-refractivity contribution is 6.02. The Kier molecular flexibility index (Phi) is 3.19. The van der Waals surface area contributed by atoms with E-state index in [1.807, 2.05) is 6.08 Å². The Labute approximate surface area is 125 Å². The molecule has 3 aliphatic carbocycles. The first-order chi connectivity index (χ1) is 10.00. The Hall–Kier alpha value is -1.32. The Morgan fingerprint density at radius 2 is 1.76 bits per heavy atom. The van der Waals surface area contributed by atoms with Crippen LogP contribution < -0.4 is 0 Å². The van der Waals surface area contributed by atoms with Gasteiger partial charge in [0.15, 0.2) is 5.41 Å². The molecule has 4 nitrogen and oxygen atoms in total. The van der Waals surface area contributed by atoms with E-state index >= 15 is 0 Å². The lowest BCUT2D eigenvalue weighted by Gasteiger charge is -2.43. The molecule has 0 saturated heterocycles. The molecule has 0 amide bonds. The summed E-state index contributed by atoms with van der Waals surface area (Å²) < 4.78 is 10.1. The van der Waals surface area contributed by atoms with Gasteiger partial charge in [-0.1, -0.05) is 12.5 Å². The fourth-order valence-corrected chi connectivity index (χ4v) is 5.74. The van der Waals surface area contributed by atoms with E-state index in [0.717, 1.165) is 25.7 Å². The van der Waals surface area contributed by atoms with Crippen LogP contribution in [0.1, 0.15) is 44.9 Å². The van der Waals surface area contributed by atoms with Gasteiger partial charge in [-0.3, -0.25) is 9.59 Å². The van der Waals surface area contributed by atoms with Gasteiger partial charge in [0.25, 0.3) is 0 Å². The topological polar surface area (TPSA) is 52.6 Å². The molecular formula is C17H24O4. The number of hydrogen-bond donors (Lipinski definition) is 0. The molecule has 3 fully saturated rings. The van der Waals surface area contributed by atoms with Gasteiger partial charge in [-0.05, 0) is 49.9 Å². The van der Waals surface area contributed by atoms with E-state index in [1.54, 1.807) is 0 Å². The molecule has 0 unspecified atom stereocenters. The summed E-state index contributed by atoms with van der Waals surface area (Å²) in [6.45, 7) is 3.98. The van der Waals surface area contributed by atoms with Crippen LogP contribution in [0.2, 0.25) is 0 Å². The van der Waals surface area contributed by atoms with Crippen molar-refractivity contribution in [1.29, 1.82) is 0 Å². The Bertz CT molecular complexity index is 481. The molecule has 0 aromatic carbocycles. The molecule has 0 aromatic rings. The SMILES string of the molecule is C=C[C@@]12CC[C@@H]3CCC[C@]3(CC1(C(=O)OC)C(=O)OC)C2. The zero-order chi connectivity index (χ0) is 15.3. The van der Waals surface area contributed by atoms with Crippen LogP contribution in [0.5, 0.6) is 0 Å². The standard InChI is InChI=1S/C17H24O4/c1-4-16-9-7-12-6-5-8-15(12,10-16)11-17(16,13(18)20-2)14(19)21-3/h4,12H,1,5-11H2,2-3H3/t12-,15+,16-/m0/s1. The normalized spacial score (nSPS) is 39.4. The minimum absolute atomic E-state index is 0.0921. The monoisotopic (exact) mass is 292 g/mol. The van der Waals surface area contributed by atoms with Crippen LogP contribution >= 0.6 is 0 Å². The molecule has 0 aliphatic heterocycles. The van der Waals surface area contributed by atoms with Gasteiger partial charge in [-0.15, -0.1) is 6.58 Å². The molecule has 1 spiro atoms. The third-order valence-corrected chi connectivity index (χ3v) is 6.63. The Balaban J connectivity index is 2.17. The van der Waals surface area contributed by atoms with Crippen LogP contribution in [0, 0.1) is 22.2 Å². The average Bonchev–Trinajstić information content (AvgIpc) is 3.03. The maximum Gasteiger partial charge on any atom is 0.324 e. The molecule has 3 atom stereocenters. The highest BCUT2D eigenvalue weighted by Crippen LogP contribution is 2.73. The van der Waals surface area contributed by atoms with E-state index < -0.39 is 22.8 Å². The number of carbonyl (C=O) groups is 2. The van der Waals surface area contributed by atoms with Crippen molar-refractivity contribution in [2.45, 2.75) is 44.9 Å². The maximum absolute atomic E-state index is 12.7. The predicted molar refractivity (Wildman–Crippen MR) is 77.3 cm³/mol. The van der Waals surface area contributed by atoms with Crippen molar-refractivity contribution in [2.24, 2.45) is 22.2 Å². The third-order valence-electron chi connectivity index (χ3n) is 6.63. The molecule has 3 aliphatic rings. The van der Waals surface area contributed by atoms with Crippen molar-refractivity contribution in [3.63, 3.8) is 0 Å². The van der Waals surface area contributed by atoms with Crippen molar-refractivity contribution in [2.75, 3.05) is 14.2 Å². The van der Waals surface area contributed by atoms with Gasteiger partial charge >= 0.3 is 11.9 Å². The van der Waals surface area contributed by atoms with E-state index in [2.05, 4.69) is 6.58 Å². The van der Waals surface area contributed by atoms with Crippen molar-refractivity contribution >= 4 is 11.9 Å². The highest BCUT2D eigenvalue weighted by atomic mass is 16.5. The van der Waals surface area contributed by atoms with E-state index in [1.165, 1.54) is 27.1 Å². The fourth-order valence-electron chi connectivity index (χ4n) is 5.74. The Morgan fingerprint density at radius 3 is 2.33 bits per heavy atom. The van der Waals surface area contributed by atoms with Gasteiger partial charge < -0.3 is 9.47 Å². The summed E-state index contributed by atoms with van der Waals surface area (Å²) in [5.74, 6) is -0.265. The number of esters is 2. The average molecular weight is 292 g/mol. The molecule has 21 heavy (non-hydrogen) atoms. The number of fused-ring (bicyclic) bond motifs is 1. The molecule has 0 N–H and O–H groups in total. The maximum atomic E-state index is 12.7. The van der Waals surface area contributed by atoms with Gasteiger partial charge in [-0.2, -0.15) is 0 Å². The van der Waals surface area contributed by atoms with Gasteiger partial charge in [0.05, 0.1) is 14.2 Å². The number of hydrogen-bond acceptors (Lipinski definition) is 4. The lowest BCUT2D eigenvalue weighted by atomic mass is 9.60. The summed E-state index contributed by atoms with van der Waals surface area (Å²) >= 11 is 0. The summed E-state index contributed by atoms with van der Waals surface area (Å²) in [4.78, 5) is 25.3. The zero-order valence-electron chi connectivity index (χ0n) is 12.9. The number of ether oxygens (including phenoxy) is 2. The summed E-state index contributed by atoms with van der Waals surface area (Å²) in [7, 11) is 2.71. The highest BCUT2D eigenvalue weighted by Gasteiger charge is 2.74. The van der Waals surface area contributed by atoms with Gasteiger partial charge in [0, 0.05) is 5.41 Å². The van der Waals surface area contributed by atoms with Crippen LogP contribution in [0.25, 0.3) is 0 Å². The summed E-state index contributed by atoms with van der Waals surface area (Å²) in [5, 5.41) is 0. The van der Waals surface area contributed by atoms with E-state index in [4.69, 9.17) is 9.47 Å². The first kappa shape index (κ1) is 14.6. The molecule has 3 rings (SSSR count). The van der Waals surface area contributed by atoms with Crippen molar-refractivity contribution in [1.82, 2.24) is 0 Å². The molecule has 116 valence electrons. The molecule has 0 heterocycles. The molecule has 3 saturated carbocycles. The van der Waals surface area contributed by atoms with Crippen LogP contribution in [-0.2, 0) is 19.1 Å². The lowest BCUT2D eigenvalue weighted by Crippen LogP contribution is -2.50. The number of methoxy groups -OCH3 is 2. The zero-order valence-corrected chi connectivity index (χ0v) is 12.9. The molecule has 2 bridgehead atoms. The van der Waals surface area contributed by atoms with Gasteiger partial charge in [-0.25, -0.2) is 0 Å². The minimum atomic E-state index is -1.20. The smallest absolute Gasteiger partial charge is 0.324 e. The number of carbonyl (C=O) groups excluding carboxylic acids is 2. The first-order valence-electron chi connectivity index (χ1n) is 7.81. The van der Waals surface area contributed by atoms with E-state index in [0.29, 0.717) is 12.3 Å². The second-order valence-corrected chi connectivity index (χ2v) is 7.09. The fraction of sp³-hybridized carbons (Fsp3) is 0.765. The van der Waals surface area contributed by atoms with Crippen molar-refractivity contribution in [3.05, 3.63) is 12.7 Å². The molecule has 4 heteroatoms. The van der Waals surface area contributed by atoms with Crippen LogP contribution in [0.4, 0.5) is 0 Å². The summed E-state index contributed by atoms with van der Waals surface area (Å²) in [5.41, 5.74) is -1.61. The van der Waals surface area contributed by atoms with Crippen molar-refractivity contribution in [3.8, 4) is 0 Å². The lowest BCUT2D eigenvalue weighted by molar-refractivity contribution is -0.176. The van der Waals surface area contributed by atoms with Gasteiger partial charge in [0.2, 0.25) is 0 Å². The number of rotatable bonds is 3. The Morgan fingerprint density at radius 1 is 1.10 bits per heavy atom. The second-order valence-electron chi connectivity index (χ2n) is 7.09. The van der Waals surface area contributed by atoms with Crippen LogP contribution in [-0.4, -0.2) is 26.2 Å². The van der Waals surface area contributed by atoms with Crippen molar-refractivity contribution < 1.29 is 19.1 Å². The third kappa shape index (κ3) is 1.56. The molecular weight excluding hydrogens is 268 g/mol. The predicted octanol–water partition coefficient (Wildman–Crippen LogP) is 2.87.